The molecule has 2 nitrogen and oxygen atoms in total. The molecule has 0 rings (SSSR count). The van der Waals surface area contributed by atoms with Crippen LogP contribution in [0.15, 0.2) is 0 Å². The van der Waals surface area contributed by atoms with Crippen LogP contribution in [-0.2, 0) is 4.49 Å². The van der Waals surface area contributed by atoms with Crippen molar-refractivity contribution in [2.24, 2.45) is 0 Å². The zero-order valence-electron chi connectivity index (χ0n) is 10.8. The Hall–Kier alpha value is 1.52. The molecule has 16 heavy (non-hydrogen) atoms. The minimum atomic E-state index is -0.891. The summed E-state index contributed by atoms with van der Waals surface area (Å²) in [5.74, 6) is 0. The van der Waals surface area contributed by atoms with Gasteiger partial charge in [-0.05, 0) is 0 Å². The van der Waals surface area contributed by atoms with Crippen LogP contribution < -0.4 is 0 Å². The van der Waals surface area contributed by atoms with Gasteiger partial charge in [0.2, 0.25) is 0 Å². The zero-order chi connectivity index (χ0) is 12.1. The second-order valence-electron chi connectivity index (χ2n) is 4.29. The van der Waals surface area contributed by atoms with Crippen LogP contribution in [0, 0.1) is 0 Å². The summed E-state index contributed by atoms with van der Waals surface area (Å²) in [5, 5.41) is 0. The molecule has 4 radical (unpaired) electrons. The molecule has 0 aromatic rings. The first-order valence-electron chi connectivity index (χ1n) is 6.61. The molecule has 0 aromatic carbocycles. The number of hydrogen-bond donors (Lipinski definition) is 0. The van der Waals surface area contributed by atoms with E-state index in [1.165, 1.54) is 57.8 Å². The Labute approximate surface area is 126 Å². The fraction of sp³-hybridized carbons (Fsp3) is 1.00. The Balaban J connectivity index is 3.36. The molecule has 94 valence electrons. The summed E-state index contributed by atoms with van der Waals surface area (Å²) in [4.78, 5) is 0. The molecular weight excluding hydrogens is 414 g/mol. The first-order chi connectivity index (χ1) is 7.85. The predicted octanol–water partition coefficient (Wildman–Crippen LogP) is 3.29. The molecule has 4 heteroatoms. The second kappa shape index (κ2) is 14.6. The van der Waals surface area contributed by atoms with Crippen molar-refractivity contribution in [1.82, 2.24) is 0 Å². The molecular formula is C12H26O2Sn2. The van der Waals surface area contributed by atoms with Gasteiger partial charge in [0, 0.05) is 0 Å². The quantitative estimate of drug-likeness (QED) is 0.343. The molecule has 0 bridgehead atoms. The molecule has 0 aliphatic heterocycles. The van der Waals surface area contributed by atoms with E-state index < -0.39 is 22.0 Å². The summed E-state index contributed by atoms with van der Waals surface area (Å²) in [7, 11) is 0. The molecule has 0 amide bonds. The Bertz CT molecular complexity index is 134. The predicted molar refractivity (Wildman–Crippen MR) is 71.8 cm³/mol. The SMILES string of the molecule is CCCCCCCCC(CCC)[O][Sn][O][SnH]. The van der Waals surface area contributed by atoms with Crippen molar-refractivity contribution in [3.8, 4) is 0 Å². The van der Waals surface area contributed by atoms with Crippen molar-refractivity contribution in [2.45, 2.75) is 77.7 Å². The number of hydrogen-bond acceptors (Lipinski definition) is 2. The van der Waals surface area contributed by atoms with Crippen LogP contribution in [0.2, 0.25) is 0 Å². The molecule has 0 heterocycles. The Kier molecular flexibility index (Phi) is 16.0. The molecule has 0 aliphatic carbocycles. The Morgan fingerprint density at radius 3 is 2.25 bits per heavy atom. The number of unbranched alkanes of at least 4 members (excludes halogenated alkanes) is 5. The molecule has 1 unspecified atom stereocenters. The summed E-state index contributed by atoms with van der Waals surface area (Å²) < 4.78 is 11.1. The molecule has 0 spiro atoms. The first kappa shape index (κ1) is 17.5. The summed E-state index contributed by atoms with van der Waals surface area (Å²) >= 11 is 0.0229. The average molecular weight is 440 g/mol. The third-order valence-corrected chi connectivity index (χ3v) is 6.10. The van der Waals surface area contributed by atoms with Crippen LogP contribution in [0.25, 0.3) is 0 Å². The van der Waals surface area contributed by atoms with Crippen molar-refractivity contribution in [3.63, 3.8) is 0 Å². The second-order valence-corrected chi connectivity index (χ2v) is 10.6. The third kappa shape index (κ3) is 12.0. The zero-order valence-corrected chi connectivity index (χ0v) is 17.0. The van der Waals surface area contributed by atoms with E-state index in [1.807, 2.05) is 0 Å². The van der Waals surface area contributed by atoms with E-state index in [0.717, 1.165) is 22.9 Å². The maximum absolute atomic E-state index is 5.84. The summed E-state index contributed by atoms with van der Waals surface area (Å²) in [6.45, 7) is 4.51. The van der Waals surface area contributed by atoms with Crippen LogP contribution in [0.4, 0.5) is 0 Å². The van der Waals surface area contributed by atoms with Gasteiger partial charge in [0.05, 0.1) is 0 Å². The molecule has 0 fully saturated rings. The molecule has 0 aliphatic rings. The van der Waals surface area contributed by atoms with Gasteiger partial charge in [0.25, 0.3) is 0 Å². The summed E-state index contributed by atoms with van der Waals surface area (Å²) in [6.07, 6.45) is 12.5. The van der Waals surface area contributed by atoms with Gasteiger partial charge >= 0.3 is 127 Å². The topological polar surface area (TPSA) is 18.5 Å². The van der Waals surface area contributed by atoms with Crippen molar-refractivity contribution < 1.29 is 4.49 Å². The van der Waals surface area contributed by atoms with Gasteiger partial charge in [-0.1, -0.05) is 0 Å². The van der Waals surface area contributed by atoms with Crippen LogP contribution >= 0.6 is 0 Å². The van der Waals surface area contributed by atoms with E-state index in [4.69, 9.17) is 4.49 Å². The molecule has 0 N–H and O–H groups in total. The van der Waals surface area contributed by atoms with Crippen molar-refractivity contribution in [2.75, 3.05) is 0 Å². The molecule has 1 atom stereocenters. The molecule has 0 saturated carbocycles. The fourth-order valence-electron chi connectivity index (χ4n) is 1.83. The molecule has 0 aromatic heterocycles. The van der Waals surface area contributed by atoms with Gasteiger partial charge in [0.15, 0.2) is 0 Å². The van der Waals surface area contributed by atoms with Crippen LogP contribution in [0.3, 0.4) is 0 Å². The monoisotopic (exact) mass is 442 g/mol. The normalized spacial score (nSPS) is 12.9. The van der Waals surface area contributed by atoms with Crippen LogP contribution in [0.1, 0.15) is 71.6 Å². The van der Waals surface area contributed by atoms with E-state index in [9.17, 15) is 0 Å². The minimum absolute atomic E-state index is 0.509. The average Bonchev–Trinajstić information content (AvgIpc) is 2.30. The van der Waals surface area contributed by atoms with Gasteiger partial charge in [-0.25, -0.2) is 0 Å². The van der Waals surface area contributed by atoms with Gasteiger partial charge < -0.3 is 0 Å². The van der Waals surface area contributed by atoms with Gasteiger partial charge in [0.1, 0.15) is 0 Å². The Morgan fingerprint density at radius 2 is 1.62 bits per heavy atom. The van der Waals surface area contributed by atoms with Crippen molar-refractivity contribution >= 4 is 44.9 Å². The van der Waals surface area contributed by atoms with E-state index in [1.54, 1.807) is 0 Å². The van der Waals surface area contributed by atoms with Crippen LogP contribution in [0.5, 0.6) is 0 Å². The van der Waals surface area contributed by atoms with Gasteiger partial charge in [-0.15, -0.1) is 0 Å². The summed E-state index contributed by atoms with van der Waals surface area (Å²) in [5.41, 5.74) is 0. The Morgan fingerprint density at radius 1 is 0.938 bits per heavy atom. The summed E-state index contributed by atoms with van der Waals surface area (Å²) in [6, 6.07) is 0. The maximum atomic E-state index is 5.84. The van der Waals surface area contributed by atoms with Gasteiger partial charge in [-0.3, -0.25) is 0 Å². The van der Waals surface area contributed by atoms with Crippen molar-refractivity contribution in [1.29, 1.82) is 0 Å². The van der Waals surface area contributed by atoms with E-state index in [2.05, 4.69) is 13.8 Å². The van der Waals surface area contributed by atoms with Gasteiger partial charge in [-0.2, -0.15) is 0 Å². The number of rotatable bonds is 12. The van der Waals surface area contributed by atoms with E-state index >= 15 is 0 Å². The first-order valence-corrected chi connectivity index (χ1v) is 10.3. The van der Waals surface area contributed by atoms with E-state index in [0.29, 0.717) is 6.10 Å². The fourth-order valence-corrected chi connectivity index (χ4v) is 4.12. The molecule has 0 saturated heterocycles. The standard InChI is InChI=1S/C12H25O.O.2Sn.H/c1-3-5-6-7-8-9-11-12(13)10-4-2;;;;/h12H,3-11H2,1-2H3;;;;/q-1;;;+1;. The van der Waals surface area contributed by atoms with Crippen LogP contribution in [-0.4, -0.2) is 51.0 Å². The third-order valence-electron chi connectivity index (χ3n) is 2.75. The van der Waals surface area contributed by atoms with E-state index in [-0.39, 0.29) is 0 Å². The van der Waals surface area contributed by atoms with Crippen molar-refractivity contribution in [3.05, 3.63) is 0 Å².